The van der Waals surface area contributed by atoms with Crippen molar-refractivity contribution in [1.82, 2.24) is 5.32 Å². The second kappa shape index (κ2) is 6.36. The number of halogens is 5. The van der Waals surface area contributed by atoms with Crippen molar-refractivity contribution in [2.45, 2.75) is 9.70 Å². The zero-order chi connectivity index (χ0) is 17.5. The first-order valence-electron chi connectivity index (χ1n) is 6.53. The van der Waals surface area contributed by atoms with Crippen molar-refractivity contribution in [2.24, 2.45) is 0 Å². The van der Waals surface area contributed by atoms with Crippen LogP contribution in [0.4, 0.5) is 0 Å². The predicted octanol–water partition coefficient (Wildman–Crippen LogP) is 5.22. The van der Waals surface area contributed by atoms with E-state index in [-0.39, 0.29) is 21.5 Å². The van der Waals surface area contributed by atoms with Gasteiger partial charge >= 0.3 is 5.91 Å². The number of amides is 1. The molecule has 0 saturated heterocycles. The number of hydrogen-bond donors (Lipinski definition) is 1. The van der Waals surface area contributed by atoms with Gasteiger partial charge in [0.15, 0.2) is 11.5 Å². The van der Waals surface area contributed by atoms with Gasteiger partial charge in [0.25, 0.3) is 9.70 Å². The Bertz CT molecular complexity index is 761. The van der Waals surface area contributed by atoms with Crippen molar-refractivity contribution in [3.05, 3.63) is 58.1 Å². The van der Waals surface area contributed by atoms with Crippen LogP contribution >= 0.6 is 58.0 Å². The molecule has 1 aliphatic heterocycles. The molecule has 0 atom stereocenters. The van der Waals surface area contributed by atoms with Crippen LogP contribution in [-0.2, 0) is 0 Å². The van der Waals surface area contributed by atoms with E-state index in [9.17, 15) is 4.79 Å². The van der Waals surface area contributed by atoms with Crippen LogP contribution in [0.3, 0.4) is 0 Å². The number of rotatable bonds is 2. The van der Waals surface area contributed by atoms with E-state index < -0.39 is 15.6 Å². The summed E-state index contributed by atoms with van der Waals surface area (Å²) in [6, 6.07) is 11.2. The summed E-state index contributed by atoms with van der Waals surface area (Å²) in [6.45, 7) is 0. The molecule has 1 aliphatic rings. The highest BCUT2D eigenvalue weighted by Gasteiger charge is 2.59. The van der Waals surface area contributed by atoms with Crippen LogP contribution < -0.4 is 14.8 Å². The fourth-order valence-corrected chi connectivity index (χ4v) is 2.73. The summed E-state index contributed by atoms with van der Waals surface area (Å²) in [5.41, 5.74) is 0.338. The molecule has 0 spiro atoms. The fourth-order valence-electron chi connectivity index (χ4n) is 2.05. The monoisotopic (exact) mass is 425 g/mol. The molecule has 126 valence electrons. The number of ether oxygens (including phenoxy) is 2. The summed E-state index contributed by atoms with van der Waals surface area (Å²) in [4.78, 5) is 12.4. The molecule has 0 unspecified atom stereocenters. The van der Waals surface area contributed by atoms with E-state index in [1.807, 2.05) is 0 Å². The molecule has 0 fully saturated rings. The average Bonchev–Trinajstić information content (AvgIpc) is 2.86. The van der Waals surface area contributed by atoms with Crippen LogP contribution in [0, 0.1) is 0 Å². The molecule has 0 bridgehead atoms. The molecule has 0 aromatic heterocycles. The van der Waals surface area contributed by atoms with Gasteiger partial charge < -0.3 is 9.47 Å². The van der Waals surface area contributed by atoms with Crippen molar-refractivity contribution in [1.29, 1.82) is 0 Å². The molecule has 24 heavy (non-hydrogen) atoms. The Morgan fingerprint density at radius 3 is 1.92 bits per heavy atom. The van der Waals surface area contributed by atoms with Crippen LogP contribution in [0.2, 0.25) is 10.0 Å². The quantitative estimate of drug-likeness (QED) is 0.669. The maximum Gasteiger partial charge on any atom is 0.388 e. The van der Waals surface area contributed by atoms with Gasteiger partial charge in [-0.15, -0.1) is 0 Å². The molecule has 4 nitrogen and oxygen atoms in total. The Morgan fingerprint density at radius 1 is 0.958 bits per heavy atom. The van der Waals surface area contributed by atoms with Crippen LogP contribution in [0.15, 0.2) is 42.5 Å². The Morgan fingerprint density at radius 2 is 1.46 bits per heavy atom. The number of benzene rings is 2. The minimum absolute atomic E-state index is 0.184. The van der Waals surface area contributed by atoms with E-state index in [1.165, 1.54) is 12.1 Å². The highest BCUT2D eigenvalue weighted by Crippen LogP contribution is 2.50. The normalized spacial score (nSPS) is 15.2. The molecule has 0 saturated carbocycles. The highest BCUT2D eigenvalue weighted by molar-refractivity contribution is 6.68. The first-order chi connectivity index (χ1) is 11.2. The molecule has 1 N–H and O–H groups in total. The van der Waals surface area contributed by atoms with Crippen molar-refractivity contribution < 1.29 is 14.3 Å². The molecular weight excluding hydrogens is 419 g/mol. The number of carbonyl (C=O) groups excluding carboxylic acids is 1. The van der Waals surface area contributed by atoms with Gasteiger partial charge in [0.1, 0.15) is 0 Å². The predicted molar refractivity (Wildman–Crippen MR) is 94.6 cm³/mol. The lowest BCUT2D eigenvalue weighted by Crippen LogP contribution is -2.63. The van der Waals surface area contributed by atoms with Gasteiger partial charge in [-0.3, -0.25) is 10.1 Å². The average molecular weight is 427 g/mol. The second-order valence-corrected chi connectivity index (χ2v) is 7.95. The van der Waals surface area contributed by atoms with E-state index in [2.05, 4.69) is 5.32 Å². The third-order valence-corrected chi connectivity index (χ3v) is 4.65. The van der Waals surface area contributed by atoms with E-state index in [0.29, 0.717) is 5.56 Å². The van der Waals surface area contributed by atoms with Crippen molar-refractivity contribution in [2.75, 3.05) is 0 Å². The Balaban J connectivity index is 1.96. The lowest BCUT2D eigenvalue weighted by atomic mass is 10.2. The molecule has 3 rings (SSSR count). The number of hydrogen-bond acceptors (Lipinski definition) is 3. The third kappa shape index (κ3) is 3.22. The molecule has 2 aromatic rings. The largest absolute Gasteiger partial charge is 0.428 e. The lowest BCUT2D eigenvalue weighted by Gasteiger charge is -2.33. The van der Waals surface area contributed by atoms with Gasteiger partial charge in [-0.25, -0.2) is 0 Å². The van der Waals surface area contributed by atoms with E-state index in [0.717, 1.165) is 0 Å². The zero-order valence-electron chi connectivity index (χ0n) is 11.7. The van der Waals surface area contributed by atoms with E-state index >= 15 is 0 Å². The SMILES string of the molecule is O=C(NC1(C(Cl)(Cl)Cl)Oc2cc(Cl)c(Cl)cc2O1)c1ccccc1. The van der Waals surface area contributed by atoms with Crippen molar-refractivity contribution >= 4 is 63.9 Å². The molecular formula is C15H8Cl5NO3. The van der Waals surface area contributed by atoms with Crippen LogP contribution in [0.5, 0.6) is 11.5 Å². The molecule has 2 aromatic carbocycles. The topological polar surface area (TPSA) is 47.6 Å². The summed E-state index contributed by atoms with van der Waals surface area (Å²) in [7, 11) is 0. The van der Waals surface area contributed by atoms with Crippen molar-refractivity contribution in [3.63, 3.8) is 0 Å². The summed E-state index contributed by atoms with van der Waals surface area (Å²) in [6.07, 6.45) is 0. The summed E-state index contributed by atoms with van der Waals surface area (Å²) in [5.74, 6) is -2.25. The van der Waals surface area contributed by atoms with Crippen LogP contribution in [0.1, 0.15) is 10.4 Å². The van der Waals surface area contributed by atoms with Gasteiger partial charge in [-0.2, -0.15) is 0 Å². The summed E-state index contributed by atoms with van der Waals surface area (Å²) >= 11 is 29.9. The number of nitrogens with one attached hydrogen (secondary N) is 1. The molecule has 0 radical (unpaired) electrons. The van der Waals surface area contributed by atoms with Crippen molar-refractivity contribution in [3.8, 4) is 11.5 Å². The molecule has 1 heterocycles. The molecule has 0 aliphatic carbocycles. The first-order valence-corrected chi connectivity index (χ1v) is 8.42. The molecule has 9 heteroatoms. The first kappa shape index (κ1) is 17.8. The van der Waals surface area contributed by atoms with Crippen LogP contribution in [0.25, 0.3) is 0 Å². The van der Waals surface area contributed by atoms with Gasteiger partial charge in [-0.05, 0) is 12.1 Å². The maximum atomic E-state index is 12.4. The number of alkyl halides is 3. The van der Waals surface area contributed by atoms with E-state index in [4.69, 9.17) is 67.5 Å². The smallest absolute Gasteiger partial charge is 0.388 e. The van der Waals surface area contributed by atoms with Gasteiger partial charge in [0, 0.05) is 17.7 Å². The van der Waals surface area contributed by atoms with Gasteiger partial charge in [0.2, 0.25) is 0 Å². The van der Waals surface area contributed by atoms with Gasteiger partial charge in [0.05, 0.1) is 10.0 Å². The second-order valence-electron chi connectivity index (χ2n) is 4.85. The summed E-state index contributed by atoms with van der Waals surface area (Å²) < 4.78 is 9.04. The highest BCUT2D eigenvalue weighted by atomic mass is 35.6. The third-order valence-electron chi connectivity index (χ3n) is 3.18. The Labute approximate surface area is 162 Å². The zero-order valence-corrected chi connectivity index (χ0v) is 15.4. The van der Waals surface area contributed by atoms with Crippen LogP contribution in [-0.4, -0.2) is 15.6 Å². The maximum absolute atomic E-state index is 12.4. The lowest BCUT2D eigenvalue weighted by molar-refractivity contribution is -0.0953. The fraction of sp³-hybridized carbons (Fsp3) is 0.133. The number of fused-ring (bicyclic) bond motifs is 1. The minimum Gasteiger partial charge on any atom is -0.428 e. The Hall–Kier alpha value is -1.04. The number of carbonyl (C=O) groups is 1. The summed E-state index contributed by atoms with van der Waals surface area (Å²) in [5, 5.41) is 2.93. The molecule has 1 amide bonds. The van der Waals surface area contributed by atoms with Gasteiger partial charge in [-0.1, -0.05) is 76.2 Å². The van der Waals surface area contributed by atoms with E-state index in [1.54, 1.807) is 30.3 Å². The standard InChI is InChI=1S/C15H8Cl5NO3/c16-9-6-11-12(7-10(9)17)24-15(23-11,14(18,19)20)21-13(22)8-4-2-1-3-5-8/h1-7H,(H,21,22). The minimum atomic E-state index is -2.14. The Kier molecular flexibility index (Phi) is 4.71.